The standard InChI is InChI=1S/C31H49NO8/c1-12-30(8,9)28(35)39-24-15-14-22(17-25(24)40-29(36)31(10,11)13-2)16-23(32)27(34)38-21(7)20(6)37-26(33)19(5)18(3)4/h14-15,17-21,23H,12-13,16,32H2,1-11H3/t19?,20?,21-,23-/m0/s1. The first-order chi connectivity index (χ1) is 18.4. The molecule has 9 heteroatoms. The molecular formula is C31H49NO8. The molecule has 1 rings (SSSR count). The van der Waals surface area contributed by atoms with E-state index >= 15 is 0 Å². The molecule has 0 bridgehead atoms. The number of nitrogens with two attached hydrogens (primary N) is 1. The zero-order chi connectivity index (χ0) is 31.0. The molecular weight excluding hydrogens is 514 g/mol. The van der Waals surface area contributed by atoms with E-state index in [1.165, 1.54) is 6.07 Å². The summed E-state index contributed by atoms with van der Waals surface area (Å²) in [4.78, 5) is 50.6. The summed E-state index contributed by atoms with van der Waals surface area (Å²) in [6.07, 6.45) is -0.188. The molecule has 226 valence electrons. The topological polar surface area (TPSA) is 131 Å². The van der Waals surface area contributed by atoms with Gasteiger partial charge in [0.1, 0.15) is 18.2 Å². The molecule has 0 heterocycles. The van der Waals surface area contributed by atoms with Crippen molar-refractivity contribution in [3.8, 4) is 11.5 Å². The van der Waals surface area contributed by atoms with Crippen LogP contribution in [0.15, 0.2) is 18.2 Å². The number of carbonyl (C=O) groups excluding carboxylic acids is 4. The van der Waals surface area contributed by atoms with E-state index in [1.54, 1.807) is 60.6 Å². The summed E-state index contributed by atoms with van der Waals surface area (Å²) in [5.74, 6) is -1.95. The van der Waals surface area contributed by atoms with Crippen LogP contribution >= 0.6 is 0 Å². The lowest BCUT2D eigenvalue weighted by Crippen LogP contribution is -2.40. The Morgan fingerprint density at radius 2 is 1.20 bits per heavy atom. The fraction of sp³-hybridized carbons (Fsp3) is 0.677. The first kappa shape index (κ1) is 35.1. The van der Waals surface area contributed by atoms with Crippen LogP contribution in [0.2, 0.25) is 0 Å². The number of esters is 4. The van der Waals surface area contributed by atoms with Gasteiger partial charge >= 0.3 is 23.9 Å². The second-order valence-corrected chi connectivity index (χ2v) is 12.2. The van der Waals surface area contributed by atoms with Crippen molar-refractivity contribution in [3.63, 3.8) is 0 Å². The van der Waals surface area contributed by atoms with Crippen LogP contribution in [0.5, 0.6) is 11.5 Å². The van der Waals surface area contributed by atoms with Gasteiger partial charge in [-0.15, -0.1) is 0 Å². The summed E-state index contributed by atoms with van der Waals surface area (Å²) in [6.45, 7) is 19.8. The Morgan fingerprint density at radius 3 is 1.65 bits per heavy atom. The summed E-state index contributed by atoms with van der Waals surface area (Å²) in [7, 11) is 0. The molecule has 1 aromatic rings. The van der Waals surface area contributed by atoms with Gasteiger partial charge in [-0.1, -0.05) is 40.7 Å². The summed E-state index contributed by atoms with van der Waals surface area (Å²) < 4.78 is 22.2. The Kier molecular flexibility index (Phi) is 12.8. The summed E-state index contributed by atoms with van der Waals surface area (Å²) in [5.41, 5.74) is 5.23. The van der Waals surface area contributed by atoms with Gasteiger partial charge in [0, 0.05) is 0 Å². The summed E-state index contributed by atoms with van der Waals surface area (Å²) in [6, 6.07) is 3.68. The van der Waals surface area contributed by atoms with E-state index in [1.807, 2.05) is 27.7 Å². The summed E-state index contributed by atoms with van der Waals surface area (Å²) >= 11 is 0. The second-order valence-electron chi connectivity index (χ2n) is 12.2. The van der Waals surface area contributed by atoms with Crippen molar-refractivity contribution in [2.45, 2.75) is 114 Å². The molecule has 0 aliphatic rings. The SMILES string of the molecule is CCC(C)(C)C(=O)Oc1ccc(C[C@H](N)C(=O)O[C@@H](C)C(C)OC(=O)C(C)C(C)C)cc1OC(=O)C(C)(C)CC. The van der Waals surface area contributed by atoms with Crippen molar-refractivity contribution < 1.29 is 38.1 Å². The van der Waals surface area contributed by atoms with E-state index in [2.05, 4.69) is 0 Å². The van der Waals surface area contributed by atoms with Crippen molar-refractivity contribution in [2.24, 2.45) is 28.4 Å². The molecule has 0 aliphatic carbocycles. The Bertz CT molecular complexity index is 1050. The van der Waals surface area contributed by atoms with E-state index in [0.717, 1.165) is 0 Å². The van der Waals surface area contributed by atoms with Crippen LogP contribution in [0.1, 0.15) is 94.6 Å². The predicted molar refractivity (Wildman–Crippen MR) is 153 cm³/mol. The maximum absolute atomic E-state index is 12.8. The number of rotatable bonds is 14. The summed E-state index contributed by atoms with van der Waals surface area (Å²) in [5, 5.41) is 0. The highest BCUT2D eigenvalue weighted by Crippen LogP contribution is 2.34. The van der Waals surface area contributed by atoms with Gasteiger partial charge in [0.15, 0.2) is 11.5 Å². The van der Waals surface area contributed by atoms with E-state index in [0.29, 0.717) is 18.4 Å². The largest absolute Gasteiger partial charge is 0.459 e. The lowest BCUT2D eigenvalue weighted by Gasteiger charge is -2.25. The monoisotopic (exact) mass is 563 g/mol. The fourth-order valence-corrected chi connectivity index (χ4v) is 2.97. The quantitative estimate of drug-likeness (QED) is 0.234. The van der Waals surface area contributed by atoms with Crippen LogP contribution in [-0.2, 0) is 35.1 Å². The molecule has 40 heavy (non-hydrogen) atoms. The van der Waals surface area contributed by atoms with Crippen LogP contribution in [0.4, 0.5) is 0 Å². The zero-order valence-corrected chi connectivity index (χ0v) is 26.1. The van der Waals surface area contributed by atoms with E-state index in [9.17, 15) is 19.2 Å². The Morgan fingerprint density at radius 1 is 0.750 bits per heavy atom. The minimum Gasteiger partial charge on any atom is -0.459 e. The maximum atomic E-state index is 12.8. The molecule has 0 saturated heterocycles. The van der Waals surface area contributed by atoms with Crippen molar-refractivity contribution >= 4 is 23.9 Å². The zero-order valence-electron chi connectivity index (χ0n) is 26.1. The van der Waals surface area contributed by atoms with Crippen LogP contribution in [0.3, 0.4) is 0 Å². The van der Waals surface area contributed by atoms with Crippen molar-refractivity contribution in [3.05, 3.63) is 23.8 Å². The lowest BCUT2D eigenvalue weighted by atomic mass is 9.90. The lowest BCUT2D eigenvalue weighted by molar-refractivity contribution is -0.169. The van der Waals surface area contributed by atoms with Gasteiger partial charge in [0.25, 0.3) is 0 Å². The van der Waals surface area contributed by atoms with Crippen molar-refractivity contribution in [2.75, 3.05) is 0 Å². The molecule has 0 aliphatic heterocycles. The Hall–Kier alpha value is -2.94. The molecule has 0 fully saturated rings. The average Bonchev–Trinajstić information content (AvgIpc) is 2.88. The third-order valence-corrected chi connectivity index (χ3v) is 7.68. The number of carbonyl (C=O) groups is 4. The average molecular weight is 564 g/mol. The van der Waals surface area contributed by atoms with Gasteiger partial charge in [-0.2, -0.15) is 0 Å². The minimum absolute atomic E-state index is 0.0676. The van der Waals surface area contributed by atoms with E-state index < -0.39 is 47.0 Å². The van der Waals surface area contributed by atoms with Gasteiger partial charge in [-0.05, 0) is 84.4 Å². The van der Waals surface area contributed by atoms with Gasteiger partial charge in [0.2, 0.25) is 0 Å². The van der Waals surface area contributed by atoms with Gasteiger partial charge < -0.3 is 24.7 Å². The third kappa shape index (κ3) is 9.91. The number of hydrogen-bond acceptors (Lipinski definition) is 9. The third-order valence-electron chi connectivity index (χ3n) is 7.68. The van der Waals surface area contributed by atoms with Crippen LogP contribution in [0, 0.1) is 22.7 Å². The van der Waals surface area contributed by atoms with Crippen LogP contribution in [0.25, 0.3) is 0 Å². The van der Waals surface area contributed by atoms with Crippen molar-refractivity contribution in [1.82, 2.24) is 0 Å². The predicted octanol–water partition coefficient (Wildman–Crippen LogP) is 5.40. The number of benzene rings is 1. The molecule has 0 saturated carbocycles. The van der Waals surface area contributed by atoms with E-state index in [4.69, 9.17) is 24.7 Å². The van der Waals surface area contributed by atoms with E-state index in [-0.39, 0.29) is 35.7 Å². The molecule has 0 spiro atoms. The fourth-order valence-electron chi connectivity index (χ4n) is 2.97. The molecule has 9 nitrogen and oxygen atoms in total. The highest BCUT2D eigenvalue weighted by atomic mass is 16.6. The molecule has 2 N–H and O–H groups in total. The highest BCUT2D eigenvalue weighted by molar-refractivity contribution is 5.82. The first-order valence-electron chi connectivity index (χ1n) is 14.1. The Balaban J connectivity index is 3.06. The number of hydrogen-bond donors (Lipinski definition) is 1. The number of ether oxygens (including phenoxy) is 4. The highest BCUT2D eigenvalue weighted by Gasteiger charge is 2.32. The normalized spacial score (nSPS) is 15.0. The second kappa shape index (κ2) is 14.6. The van der Waals surface area contributed by atoms with Crippen LogP contribution < -0.4 is 15.2 Å². The molecule has 4 atom stereocenters. The molecule has 0 aromatic heterocycles. The maximum Gasteiger partial charge on any atom is 0.323 e. The molecule has 0 radical (unpaired) electrons. The van der Waals surface area contributed by atoms with Crippen molar-refractivity contribution in [1.29, 1.82) is 0 Å². The smallest absolute Gasteiger partial charge is 0.323 e. The molecule has 2 unspecified atom stereocenters. The van der Waals surface area contributed by atoms with Gasteiger partial charge in [-0.25, -0.2) is 0 Å². The van der Waals surface area contributed by atoms with Gasteiger partial charge in [0.05, 0.1) is 16.7 Å². The van der Waals surface area contributed by atoms with Crippen LogP contribution in [-0.4, -0.2) is 42.1 Å². The first-order valence-corrected chi connectivity index (χ1v) is 14.1. The molecule has 1 aromatic carbocycles. The van der Waals surface area contributed by atoms with Gasteiger partial charge in [-0.3, -0.25) is 19.2 Å². The Labute approximate surface area is 239 Å². The minimum atomic E-state index is -1.04. The molecule has 0 amide bonds.